The SMILES string of the molecule is Nc1nc(N)[n+](CCOCP(=O)(O)O)c2nc[nH]c12. The van der Waals surface area contributed by atoms with Gasteiger partial charge in [-0.1, -0.05) is 4.98 Å². The Morgan fingerprint density at radius 1 is 1.47 bits per heavy atom. The van der Waals surface area contributed by atoms with E-state index in [1.807, 2.05) is 0 Å². The van der Waals surface area contributed by atoms with E-state index in [1.54, 1.807) is 4.57 Å². The number of H-pyrrole nitrogens is 1. The first-order chi connectivity index (χ1) is 8.88. The van der Waals surface area contributed by atoms with Gasteiger partial charge in [0, 0.05) is 0 Å². The fourth-order valence-electron chi connectivity index (χ4n) is 1.59. The van der Waals surface area contributed by atoms with Crippen molar-refractivity contribution < 1.29 is 23.7 Å². The Kier molecular flexibility index (Phi) is 3.67. The second kappa shape index (κ2) is 5.10. The molecule has 0 radical (unpaired) electrons. The first kappa shape index (κ1) is 13.7. The van der Waals surface area contributed by atoms with Crippen LogP contribution in [0.4, 0.5) is 11.8 Å². The van der Waals surface area contributed by atoms with Gasteiger partial charge in [-0.05, 0) is 0 Å². The maximum absolute atomic E-state index is 10.6. The molecule has 10 nitrogen and oxygen atoms in total. The second-order valence-corrected chi connectivity index (χ2v) is 5.40. The van der Waals surface area contributed by atoms with Crippen molar-refractivity contribution >= 4 is 30.5 Å². The number of imidazole rings is 1. The zero-order valence-electron chi connectivity index (χ0n) is 9.85. The molecule has 2 rings (SSSR count). The smallest absolute Gasteiger partial charge is 0.350 e. The number of rotatable bonds is 5. The van der Waals surface area contributed by atoms with Crippen molar-refractivity contribution in [2.24, 2.45) is 0 Å². The van der Waals surface area contributed by atoms with Crippen molar-refractivity contribution in [2.45, 2.75) is 6.54 Å². The van der Waals surface area contributed by atoms with Crippen LogP contribution in [0.2, 0.25) is 0 Å². The Bertz CT molecular complexity index is 637. The van der Waals surface area contributed by atoms with E-state index in [0.29, 0.717) is 11.2 Å². The quantitative estimate of drug-likeness (QED) is 0.254. The molecule has 0 amide bonds. The van der Waals surface area contributed by atoms with E-state index in [9.17, 15) is 4.57 Å². The highest BCUT2D eigenvalue weighted by Gasteiger charge is 2.18. The molecule has 0 aromatic carbocycles. The average molecular weight is 289 g/mol. The number of aromatic nitrogens is 4. The highest BCUT2D eigenvalue weighted by atomic mass is 31.2. The van der Waals surface area contributed by atoms with Crippen molar-refractivity contribution in [1.29, 1.82) is 0 Å². The zero-order valence-corrected chi connectivity index (χ0v) is 10.7. The molecule has 2 aromatic rings. The van der Waals surface area contributed by atoms with Gasteiger partial charge in [0.05, 0.1) is 13.2 Å². The first-order valence-electron chi connectivity index (χ1n) is 5.28. The predicted octanol–water partition coefficient (Wildman–Crippen LogP) is -1.44. The Morgan fingerprint density at radius 3 is 2.89 bits per heavy atom. The minimum absolute atomic E-state index is 0.0630. The molecule has 11 heteroatoms. The van der Waals surface area contributed by atoms with Crippen molar-refractivity contribution in [3.05, 3.63) is 6.33 Å². The van der Waals surface area contributed by atoms with Crippen LogP contribution in [0, 0.1) is 0 Å². The van der Waals surface area contributed by atoms with Gasteiger partial charge in [0.1, 0.15) is 6.35 Å². The van der Waals surface area contributed by atoms with Crippen LogP contribution in [0.15, 0.2) is 6.33 Å². The monoisotopic (exact) mass is 289 g/mol. The molecule has 2 heterocycles. The van der Waals surface area contributed by atoms with Gasteiger partial charge in [-0.15, -0.1) is 4.98 Å². The molecule has 0 fully saturated rings. The lowest BCUT2D eigenvalue weighted by Crippen LogP contribution is -2.41. The van der Waals surface area contributed by atoms with Gasteiger partial charge < -0.3 is 31.0 Å². The number of fused-ring (bicyclic) bond motifs is 1. The van der Waals surface area contributed by atoms with Crippen LogP contribution in [0.3, 0.4) is 0 Å². The highest BCUT2D eigenvalue weighted by molar-refractivity contribution is 7.51. The molecule has 0 spiro atoms. The van der Waals surface area contributed by atoms with Crippen molar-refractivity contribution in [2.75, 3.05) is 24.4 Å². The molecule has 0 aliphatic rings. The molecule has 104 valence electrons. The minimum Gasteiger partial charge on any atom is -0.371 e. The third-order valence-electron chi connectivity index (χ3n) is 2.36. The fraction of sp³-hybridized carbons (Fsp3) is 0.375. The molecule has 19 heavy (non-hydrogen) atoms. The number of aromatic amines is 1. The summed E-state index contributed by atoms with van der Waals surface area (Å²) in [6, 6.07) is 0. The lowest BCUT2D eigenvalue weighted by atomic mass is 10.4. The molecule has 7 N–H and O–H groups in total. The van der Waals surface area contributed by atoms with E-state index < -0.39 is 13.9 Å². The minimum atomic E-state index is -4.16. The summed E-state index contributed by atoms with van der Waals surface area (Å²) in [7, 11) is -4.16. The highest BCUT2D eigenvalue weighted by Crippen LogP contribution is 2.33. The fourth-order valence-corrected chi connectivity index (χ4v) is 1.96. The maximum Gasteiger partial charge on any atom is 0.350 e. The maximum atomic E-state index is 10.6. The van der Waals surface area contributed by atoms with Crippen LogP contribution < -0.4 is 16.0 Å². The summed E-state index contributed by atoms with van der Waals surface area (Å²) in [5.41, 5.74) is 12.4. The van der Waals surface area contributed by atoms with Crippen LogP contribution >= 0.6 is 7.60 Å². The second-order valence-electron chi connectivity index (χ2n) is 3.81. The van der Waals surface area contributed by atoms with Crippen LogP contribution in [0.5, 0.6) is 0 Å². The molecule has 0 bridgehead atoms. The predicted molar refractivity (Wildman–Crippen MR) is 65.8 cm³/mol. The molecule has 0 saturated carbocycles. The number of hydrogen-bond donors (Lipinski definition) is 5. The topological polar surface area (TPSA) is 164 Å². The number of nitrogens with one attached hydrogen (secondary N) is 1. The molecule has 0 atom stereocenters. The third kappa shape index (κ3) is 3.18. The van der Waals surface area contributed by atoms with Gasteiger partial charge in [0.2, 0.25) is 5.82 Å². The summed E-state index contributed by atoms with van der Waals surface area (Å²) in [6.07, 6.45) is 0.814. The van der Waals surface area contributed by atoms with E-state index >= 15 is 0 Å². The van der Waals surface area contributed by atoms with Gasteiger partial charge in [0.15, 0.2) is 11.8 Å². The van der Waals surface area contributed by atoms with Crippen LogP contribution in [-0.2, 0) is 15.8 Å². The number of ether oxygens (including phenoxy) is 1. The molecular formula is C8H14N6O4P+. The van der Waals surface area contributed by atoms with Crippen LogP contribution in [-0.4, -0.2) is 37.7 Å². The van der Waals surface area contributed by atoms with E-state index in [-0.39, 0.29) is 24.9 Å². The molecule has 0 saturated heterocycles. The van der Waals surface area contributed by atoms with Gasteiger partial charge in [-0.25, -0.2) is 4.57 Å². The van der Waals surface area contributed by atoms with E-state index in [4.69, 9.17) is 26.0 Å². The van der Waals surface area contributed by atoms with E-state index in [1.165, 1.54) is 6.33 Å². The molecule has 0 aliphatic heterocycles. The summed E-state index contributed by atoms with van der Waals surface area (Å²) in [5, 5.41) is 0. The van der Waals surface area contributed by atoms with Crippen LogP contribution in [0.1, 0.15) is 0 Å². The lowest BCUT2D eigenvalue weighted by Gasteiger charge is -2.07. The van der Waals surface area contributed by atoms with Crippen LogP contribution in [0.25, 0.3) is 11.2 Å². The van der Waals surface area contributed by atoms with Gasteiger partial charge in [-0.3, -0.25) is 4.57 Å². The Hall–Kier alpha value is -1.74. The summed E-state index contributed by atoms with van der Waals surface area (Å²) in [4.78, 5) is 28.1. The lowest BCUT2D eigenvalue weighted by molar-refractivity contribution is -0.662. The number of anilines is 2. The summed E-state index contributed by atoms with van der Waals surface area (Å²) >= 11 is 0. The number of nitrogens with zero attached hydrogens (tertiary/aromatic N) is 3. The zero-order chi connectivity index (χ0) is 14.0. The molecule has 2 aromatic heterocycles. The van der Waals surface area contributed by atoms with E-state index in [0.717, 1.165) is 0 Å². The number of hydrogen-bond acceptors (Lipinski definition) is 6. The largest absolute Gasteiger partial charge is 0.371 e. The standard InChI is InChI=1S/C8H13N6O4P/c9-6-5-7(12-3-11-5)14(8(10)13-6)1-2-18-4-19(15,16)17/h3H,1-2,4H2,(H6,9,10,11,12,13,15,16,17)/p+1. The summed E-state index contributed by atoms with van der Waals surface area (Å²) < 4.78 is 17.0. The van der Waals surface area contributed by atoms with Gasteiger partial charge in [0.25, 0.3) is 5.65 Å². The number of nitrogen functional groups attached to an aromatic ring is 2. The van der Waals surface area contributed by atoms with Gasteiger partial charge >= 0.3 is 13.5 Å². The Labute approximate surface area is 107 Å². The van der Waals surface area contributed by atoms with Crippen molar-refractivity contribution in [3.8, 4) is 0 Å². The average Bonchev–Trinajstić information content (AvgIpc) is 2.75. The summed E-state index contributed by atoms with van der Waals surface area (Å²) in [6.45, 7) is 0.313. The van der Waals surface area contributed by atoms with E-state index in [2.05, 4.69) is 15.0 Å². The van der Waals surface area contributed by atoms with Gasteiger partial charge in [-0.2, -0.15) is 0 Å². The number of nitrogens with two attached hydrogens (primary N) is 2. The normalized spacial score (nSPS) is 12.1. The molecular weight excluding hydrogens is 275 g/mol. The summed E-state index contributed by atoms with van der Waals surface area (Å²) in [5.74, 6) is 0.384. The Morgan fingerprint density at radius 2 is 2.21 bits per heavy atom. The first-order valence-corrected chi connectivity index (χ1v) is 7.08. The van der Waals surface area contributed by atoms with Crippen molar-refractivity contribution in [1.82, 2.24) is 15.0 Å². The van der Waals surface area contributed by atoms with Crippen molar-refractivity contribution in [3.63, 3.8) is 0 Å². The third-order valence-corrected chi connectivity index (χ3v) is 2.88. The molecule has 0 unspecified atom stereocenters. The Balaban J connectivity index is 2.12. The molecule has 0 aliphatic carbocycles.